The number of nitriles is 1. The lowest BCUT2D eigenvalue weighted by Gasteiger charge is -2.32. The highest BCUT2D eigenvalue weighted by Gasteiger charge is 2.27. The van der Waals surface area contributed by atoms with Crippen LogP contribution in [0.2, 0.25) is 0 Å². The topological polar surface area (TPSA) is 143 Å². The van der Waals surface area contributed by atoms with Crippen LogP contribution in [0.1, 0.15) is 70.3 Å². The fourth-order valence-corrected chi connectivity index (χ4v) is 5.93. The quantitative estimate of drug-likeness (QED) is 0.179. The van der Waals surface area contributed by atoms with Crippen molar-refractivity contribution in [3.63, 3.8) is 0 Å². The van der Waals surface area contributed by atoms with Gasteiger partial charge in [-0.3, -0.25) is 4.99 Å². The first kappa shape index (κ1) is 29.0. The summed E-state index contributed by atoms with van der Waals surface area (Å²) < 4.78 is 19.0. The maximum absolute atomic E-state index is 12.5. The zero-order valence-electron chi connectivity index (χ0n) is 24.4. The number of piperidine rings is 1. The van der Waals surface area contributed by atoms with Crippen LogP contribution in [0.3, 0.4) is 0 Å². The molecule has 5 rings (SSSR count). The summed E-state index contributed by atoms with van der Waals surface area (Å²) in [7, 11) is 0. The molecule has 0 saturated carbocycles. The summed E-state index contributed by atoms with van der Waals surface area (Å²) in [5, 5.41) is 19.3. The number of aromatic nitrogens is 3. The predicted molar refractivity (Wildman–Crippen MR) is 163 cm³/mol. The lowest BCUT2D eigenvalue weighted by Crippen LogP contribution is -2.42. The van der Waals surface area contributed by atoms with Crippen LogP contribution < -0.4 is 10.6 Å². The number of nitrogens with zero attached hydrogens (tertiary/aromatic N) is 7. The molecule has 1 atom stereocenters. The first-order valence-electron chi connectivity index (χ1n) is 13.8. The number of pyridine rings is 1. The number of nitrogens with two attached hydrogens (primary N) is 1. The van der Waals surface area contributed by atoms with Crippen molar-refractivity contribution < 1.29 is 14.3 Å². The van der Waals surface area contributed by atoms with Crippen molar-refractivity contribution >= 4 is 44.7 Å². The lowest BCUT2D eigenvalue weighted by molar-refractivity contribution is 0.0207. The number of amides is 1. The molecule has 0 aliphatic carbocycles. The van der Waals surface area contributed by atoms with Crippen LogP contribution in [0.15, 0.2) is 52.9 Å². The van der Waals surface area contributed by atoms with Gasteiger partial charge in [0.05, 0.1) is 22.7 Å². The van der Waals surface area contributed by atoms with E-state index in [0.29, 0.717) is 59.7 Å². The van der Waals surface area contributed by atoms with Crippen molar-refractivity contribution in [1.82, 2.24) is 18.9 Å². The summed E-state index contributed by atoms with van der Waals surface area (Å²) in [6.07, 6.45) is 5.89. The Labute approximate surface area is 248 Å². The first-order chi connectivity index (χ1) is 20.1. The first-order valence-corrected chi connectivity index (χ1v) is 14.6. The van der Waals surface area contributed by atoms with E-state index in [2.05, 4.69) is 20.6 Å². The van der Waals surface area contributed by atoms with Crippen molar-refractivity contribution in [3.8, 4) is 11.8 Å². The zero-order valence-corrected chi connectivity index (χ0v) is 25.2. The Morgan fingerprint density at radius 3 is 2.71 bits per heavy atom. The van der Waals surface area contributed by atoms with Crippen LogP contribution in [0.25, 0.3) is 15.6 Å². The molecule has 1 fully saturated rings. The summed E-state index contributed by atoms with van der Waals surface area (Å²) in [5.74, 6) is 6.39. The number of benzene rings is 1. The number of rotatable bonds is 6. The van der Waals surface area contributed by atoms with E-state index in [4.69, 9.17) is 20.3 Å². The second-order valence-electron chi connectivity index (χ2n) is 11.3. The van der Waals surface area contributed by atoms with E-state index >= 15 is 0 Å². The summed E-state index contributed by atoms with van der Waals surface area (Å²) in [4.78, 5) is 19.1. The second kappa shape index (κ2) is 11.8. The highest BCUT2D eigenvalue weighted by molar-refractivity contribution is 7.13. The van der Waals surface area contributed by atoms with Gasteiger partial charge in [-0.2, -0.15) is 19.8 Å². The fourth-order valence-electron chi connectivity index (χ4n) is 5.09. The normalized spacial score (nSPS) is 16.0. The minimum absolute atomic E-state index is 0.00898. The maximum atomic E-state index is 12.5. The Kier molecular flexibility index (Phi) is 8.13. The molecule has 11 nitrogen and oxygen atoms in total. The number of fused-ring (bicyclic) bond motifs is 2. The van der Waals surface area contributed by atoms with Crippen LogP contribution in [-0.4, -0.2) is 61.1 Å². The van der Waals surface area contributed by atoms with Gasteiger partial charge in [-0.15, -0.1) is 0 Å². The van der Waals surface area contributed by atoms with Gasteiger partial charge in [0, 0.05) is 42.0 Å². The van der Waals surface area contributed by atoms with Gasteiger partial charge in [-0.1, -0.05) is 18.2 Å². The van der Waals surface area contributed by atoms with Gasteiger partial charge in [0.15, 0.2) is 0 Å². The number of carbonyl (C=O) groups is 1. The van der Waals surface area contributed by atoms with Crippen molar-refractivity contribution in [2.24, 2.45) is 15.9 Å². The van der Waals surface area contributed by atoms with Crippen LogP contribution >= 0.6 is 11.5 Å². The van der Waals surface area contributed by atoms with E-state index < -0.39 is 5.60 Å². The van der Waals surface area contributed by atoms with Gasteiger partial charge in [0.25, 0.3) is 0 Å². The highest BCUT2D eigenvalue weighted by Crippen LogP contribution is 2.33. The minimum atomic E-state index is -0.534. The number of carbonyl (C=O) groups excluding carboxylic acids is 1. The summed E-state index contributed by atoms with van der Waals surface area (Å²) in [6.45, 7) is 10.5. The molecule has 4 heterocycles. The van der Waals surface area contributed by atoms with Gasteiger partial charge in [-0.05, 0) is 65.1 Å². The Morgan fingerprint density at radius 2 is 2.02 bits per heavy atom. The zero-order chi connectivity index (χ0) is 30.0. The number of hydrogen-bond donors (Lipinski definition) is 1. The van der Waals surface area contributed by atoms with Crippen LogP contribution in [-0.2, 0) is 4.74 Å². The van der Waals surface area contributed by atoms with Gasteiger partial charge >= 0.3 is 6.09 Å². The molecule has 0 spiro atoms. The van der Waals surface area contributed by atoms with E-state index in [1.165, 1.54) is 17.7 Å². The van der Waals surface area contributed by atoms with E-state index in [0.717, 1.165) is 15.6 Å². The summed E-state index contributed by atoms with van der Waals surface area (Å²) >= 11 is 1.42. The standard InChI is InChI=1S/C30H34N8O3S/c1-18(35-23-9-11-37(12-10-23)29(39)41-30(3,4)5)26(36-32)21-13-25(27-22(14-31)15-33-38(27)17-21)40-19(2)24-8-6-7-20-16-34-42-28(20)24/h6-8,13,15-17,19,23H,9-12,32H2,1-5H3/b35-18?,36-26+. The molecule has 0 bridgehead atoms. The lowest BCUT2D eigenvalue weighted by atomic mass is 10.0. The van der Waals surface area contributed by atoms with Crippen molar-refractivity contribution in [2.75, 3.05) is 13.1 Å². The third-order valence-electron chi connectivity index (χ3n) is 7.09. The Balaban J connectivity index is 1.40. The smallest absolute Gasteiger partial charge is 0.410 e. The maximum Gasteiger partial charge on any atom is 0.410 e. The average Bonchev–Trinajstić information content (AvgIpc) is 3.60. The molecule has 1 aliphatic rings. The Hall–Kier alpha value is -4.50. The molecular formula is C30H34N8O3S. The molecule has 1 aliphatic heterocycles. The molecule has 1 aromatic carbocycles. The Bertz CT molecular complexity index is 1720. The fraction of sp³-hybridized carbons (Fsp3) is 0.400. The molecular weight excluding hydrogens is 552 g/mol. The van der Waals surface area contributed by atoms with Crippen LogP contribution in [0.5, 0.6) is 5.75 Å². The van der Waals surface area contributed by atoms with Crippen molar-refractivity contribution in [3.05, 3.63) is 59.5 Å². The second-order valence-corrected chi connectivity index (χ2v) is 12.1. The van der Waals surface area contributed by atoms with Gasteiger partial charge in [0.2, 0.25) is 0 Å². The molecule has 1 amide bonds. The predicted octanol–water partition coefficient (Wildman–Crippen LogP) is 5.48. The summed E-state index contributed by atoms with van der Waals surface area (Å²) in [5.41, 5.74) is 3.23. The van der Waals surface area contributed by atoms with Gasteiger partial charge in [0.1, 0.15) is 40.3 Å². The molecule has 0 radical (unpaired) electrons. The molecule has 1 unspecified atom stereocenters. The number of hydrogen-bond acceptors (Lipinski definition) is 10. The average molecular weight is 587 g/mol. The van der Waals surface area contributed by atoms with Crippen LogP contribution in [0, 0.1) is 11.3 Å². The molecule has 12 heteroatoms. The van der Waals surface area contributed by atoms with E-state index in [1.807, 2.05) is 65.1 Å². The number of ether oxygens (including phenoxy) is 2. The van der Waals surface area contributed by atoms with E-state index in [-0.39, 0.29) is 18.2 Å². The Morgan fingerprint density at radius 1 is 1.26 bits per heavy atom. The SMILES string of the molecule is CC(=NC1CCN(C(=O)OC(C)(C)C)CC1)/C(=N\N)c1cc(OC(C)c2cccc3cnsc23)c2c(C#N)cnn2c1. The van der Waals surface area contributed by atoms with Crippen LogP contribution in [0.4, 0.5) is 4.79 Å². The minimum Gasteiger partial charge on any atom is -0.484 e. The van der Waals surface area contributed by atoms with Crippen molar-refractivity contribution in [1.29, 1.82) is 5.26 Å². The molecule has 2 N–H and O–H groups in total. The molecule has 42 heavy (non-hydrogen) atoms. The summed E-state index contributed by atoms with van der Waals surface area (Å²) in [6, 6.07) is 10.1. The highest BCUT2D eigenvalue weighted by atomic mass is 32.1. The molecule has 3 aromatic heterocycles. The van der Waals surface area contributed by atoms with Gasteiger partial charge < -0.3 is 20.2 Å². The molecule has 1 saturated heterocycles. The number of likely N-dealkylation sites (tertiary alicyclic amines) is 1. The largest absolute Gasteiger partial charge is 0.484 e. The molecule has 218 valence electrons. The van der Waals surface area contributed by atoms with E-state index in [9.17, 15) is 10.1 Å². The number of hydrazone groups is 1. The van der Waals surface area contributed by atoms with E-state index in [1.54, 1.807) is 15.6 Å². The number of aliphatic imine (C=N–C) groups is 1. The third-order valence-corrected chi connectivity index (χ3v) is 7.95. The third kappa shape index (κ3) is 6.06. The monoisotopic (exact) mass is 586 g/mol. The van der Waals surface area contributed by atoms with Gasteiger partial charge in [-0.25, -0.2) is 9.31 Å². The molecule has 4 aromatic rings. The van der Waals surface area contributed by atoms with Crippen molar-refractivity contribution in [2.45, 2.75) is 65.2 Å².